The zero-order chi connectivity index (χ0) is 20.8. The Morgan fingerprint density at radius 2 is 1.86 bits per heavy atom. The van der Waals surface area contributed by atoms with Gasteiger partial charge in [-0.25, -0.2) is 0 Å². The van der Waals surface area contributed by atoms with E-state index in [2.05, 4.69) is 33.8 Å². The molecular formula is C27H46O2. The summed E-state index contributed by atoms with van der Waals surface area (Å²) < 4.78 is 0. The maximum absolute atomic E-state index is 10.9. The minimum Gasteiger partial charge on any atom is -0.393 e. The number of aliphatic hydroxyl groups excluding tert-OH is 1. The van der Waals surface area contributed by atoms with Crippen LogP contribution in [0.25, 0.3) is 0 Å². The lowest BCUT2D eigenvalue weighted by Crippen LogP contribution is -2.48. The van der Waals surface area contributed by atoms with Crippen LogP contribution in [0.2, 0.25) is 0 Å². The van der Waals surface area contributed by atoms with Gasteiger partial charge >= 0.3 is 0 Å². The van der Waals surface area contributed by atoms with Gasteiger partial charge in [0.25, 0.3) is 0 Å². The summed E-state index contributed by atoms with van der Waals surface area (Å²) >= 11 is 0. The van der Waals surface area contributed by atoms with Crippen molar-refractivity contribution < 1.29 is 10.2 Å². The number of aliphatic hydroxyl groups is 2. The lowest BCUT2D eigenvalue weighted by atomic mass is 9.50. The van der Waals surface area contributed by atoms with Crippen LogP contribution in [0.5, 0.6) is 0 Å². The van der Waals surface area contributed by atoms with Gasteiger partial charge in [0.05, 0.1) is 11.7 Å². The summed E-state index contributed by atoms with van der Waals surface area (Å²) in [5, 5.41) is 20.9. The third-order valence-electron chi connectivity index (χ3n) is 10.4. The predicted molar refractivity (Wildman–Crippen MR) is 121 cm³/mol. The van der Waals surface area contributed by atoms with Gasteiger partial charge < -0.3 is 10.2 Å². The molecule has 4 rings (SSSR count). The number of hydrogen-bond acceptors (Lipinski definition) is 2. The van der Waals surface area contributed by atoms with E-state index >= 15 is 0 Å². The highest BCUT2D eigenvalue weighted by Gasteiger charge is 2.57. The molecule has 9 atom stereocenters. The molecule has 1 unspecified atom stereocenters. The normalized spacial score (nSPS) is 46.3. The first-order chi connectivity index (χ1) is 13.8. The van der Waals surface area contributed by atoms with Crippen molar-refractivity contribution in [3.63, 3.8) is 0 Å². The average molecular weight is 403 g/mol. The third kappa shape index (κ3) is 3.86. The van der Waals surface area contributed by atoms with Crippen LogP contribution in [0.4, 0.5) is 0 Å². The van der Waals surface area contributed by atoms with Crippen molar-refractivity contribution in [3.8, 4) is 0 Å². The molecule has 2 N–H and O–H groups in total. The molecule has 4 aliphatic carbocycles. The molecule has 0 heterocycles. The minimum atomic E-state index is -0.421. The largest absolute Gasteiger partial charge is 0.393 e. The second-order valence-corrected chi connectivity index (χ2v) is 11.7. The van der Waals surface area contributed by atoms with E-state index in [1.54, 1.807) is 5.57 Å². The summed E-state index contributed by atoms with van der Waals surface area (Å²) in [5.74, 6) is 5.01. The van der Waals surface area contributed by atoms with Gasteiger partial charge in [0.15, 0.2) is 0 Å². The summed E-state index contributed by atoms with van der Waals surface area (Å²) in [4.78, 5) is 0. The fourth-order valence-electron chi connectivity index (χ4n) is 8.50. The van der Waals surface area contributed by atoms with E-state index in [1.807, 2.05) is 0 Å². The minimum absolute atomic E-state index is 0.104. The zero-order valence-electron chi connectivity index (χ0n) is 19.5. The van der Waals surface area contributed by atoms with Gasteiger partial charge in [-0.1, -0.05) is 39.3 Å². The van der Waals surface area contributed by atoms with Crippen LogP contribution in [0, 0.1) is 40.9 Å². The molecule has 3 fully saturated rings. The van der Waals surface area contributed by atoms with Crippen LogP contribution in [-0.4, -0.2) is 21.9 Å². The second-order valence-electron chi connectivity index (χ2n) is 11.7. The molecule has 2 heteroatoms. The number of rotatable bonds is 6. The fraction of sp³-hybridized carbons (Fsp3) is 0.926. The van der Waals surface area contributed by atoms with Crippen LogP contribution in [0.15, 0.2) is 11.6 Å². The molecule has 29 heavy (non-hydrogen) atoms. The van der Waals surface area contributed by atoms with Gasteiger partial charge in [-0.3, -0.25) is 0 Å². The van der Waals surface area contributed by atoms with E-state index < -0.39 is 5.60 Å². The van der Waals surface area contributed by atoms with Crippen LogP contribution < -0.4 is 0 Å². The van der Waals surface area contributed by atoms with Crippen molar-refractivity contribution in [2.24, 2.45) is 40.9 Å². The Morgan fingerprint density at radius 1 is 1.07 bits per heavy atom. The van der Waals surface area contributed by atoms with Crippen LogP contribution in [0.1, 0.15) is 105 Å². The lowest BCUT2D eigenvalue weighted by molar-refractivity contribution is -0.0464. The van der Waals surface area contributed by atoms with Gasteiger partial charge in [0.2, 0.25) is 0 Å². The quantitative estimate of drug-likeness (QED) is 0.498. The van der Waals surface area contributed by atoms with E-state index in [4.69, 9.17) is 0 Å². The molecular weight excluding hydrogens is 356 g/mol. The lowest BCUT2D eigenvalue weighted by Gasteiger charge is -2.55. The Balaban J connectivity index is 1.46. The SMILES string of the molecule is CC[C@H](O)CCC(C)[C@H]1CC[C@H]2[C@@H]3CC=C4C[C@](O)(CC)CC[C@@H]4[C@H]3CC[C@]12C. The first kappa shape index (κ1) is 21.9. The summed E-state index contributed by atoms with van der Waals surface area (Å²) in [7, 11) is 0. The summed E-state index contributed by atoms with van der Waals surface area (Å²) in [6.07, 6.45) is 16.5. The van der Waals surface area contributed by atoms with Gasteiger partial charge in [0.1, 0.15) is 0 Å². The van der Waals surface area contributed by atoms with Gasteiger partial charge in [-0.15, -0.1) is 0 Å². The van der Waals surface area contributed by atoms with E-state index in [9.17, 15) is 10.2 Å². The topological polar surface area (TPSA) is 40.5 Å². The smallest absolute Gasteiger partial charge is 0.0682 e. The Hall–Kier alpha value is -0.340. The highest BCUT2D eigenvalue weighted by Crippen LogP contribution is 2.65. The van der Waals surface area contributed by atoms with Crippen molar-refractivity contribution in [2.45, 2.75) is 116 Å². The molecule has 0 amide bonds. The van der Waals surface area contributed by atoms with Crippen molar-refractivity contribution in [1.29, 1.82) is 0 Å². The molecule has 166 valence electrons. The van der Waals surface area contributed by atoms with Gasteiger partial charge in [-0.05, 0) is 118 Å². The molecule has 0 saturated heterocycles. The van der Waals surface area contributed by atoms with Crippen LogP contribution >= 0.6 is 0 Å². The summed E-state index contributed by atoms with van der Waals surface area (Å²) in [6.45, 7) is 9.35. The molecule has 0 bridgehead atoms. The van der Waals surface area contributed by atoms with Gasteiger partial charge in [0, 0.05) is 0 Å². The Kier molecular flexibility index (Phi) is 6.26. The number of fused-ring (bicyclic) bond motifs is 5. The monoisotopic (exact) mass is 402 g/mol. The van der Waals surface area contributed by atoms with E-state index in [-0.39, 0.29) is 6.10 Å². The maximum atomic E-state index is 10.9. The second kappa shape index (κ2) is 8.30. The number of hydrogen-bond donors (Lipinski definition) is 2. The predicted octanol–water partition coefficient (Wildman–Crippen LogP) is 6.50. The Morgan fingerprint density at radius 3 is 2.59 bits per heavy atom. The molecule has 4 aliphatic rings. The van der Waals surface area contributed by atoms with Crippen molar-refractivity contribution >= 4 is 0 Å². The fourth-order valence-corrected chi connectivity index (χ4v) is 8.50. The Bertz CT molecular complexity index is 612. The molecule has 0 radical (unpaired) electrons. The highest BCUT2D eigenvalue weighted by molar-refractivity contribution is 5.22. The average Bonchev–Trinajstić information content (AvgIpc) is 3.08. The van der Waals surface area contributed by atoms with Crippen LogP contribution in [0.3, 0.4) is 0 Å². The van der Waals surface area contributed by atoms with Crippen molar-refractivity contribution in [2.75, 3.05) is 0 Å². The van der Waals surface area contributed by atoms with Crippen molar-refractivity contribution in [3.05, 3.63) is 11.6 Å². The zero-order valence-corrected chi connectivity index (χ0v) is 19.5. The van der Waals surface area contributed by atoms with Gasteiger partial charge in [-0.2, -0.15) is 0 Å². The van der Waals surface area contributed by atoms with Crippen molar-refractivity contribution in [1.82, 2.24) is 0 Å². The standard InChI is InChI=1S/C27H46O2/c1-5-20(28)9-7-18(3)24-11-12-25-23-10-8-19-17-27(29,6-2)16-14-21(19)22(23)13-15-26(24,25)4/h8,18,20-25,28-29H,5-7,9-17H2,1-4H3/t18?,20-,21-,22+,23+,24+,25-,26+,27-/m0/s1. The summed E-state index contributed by atoms with van der Waals surface area (Å²) in [5.41, 5.74) is 1.71. The first-order valence-corrected chi connectivity index (χ1v) is 12.9. The van der Waals surface area contributed by atoms with Crippen LogP contribution in [-0.2, 0) is 0 Å². The molecule has 0 spiro atoms. The molecule has 0 aromatic carbocycles. The molecule has 0 aliphatic heterocycles. The summed E-state index contributed by atoms with van der Waals surface area (Å²) in [6, 6.07) is 0. The highest BCUT2D eigenvalue weighted by atomic mass is 16.3. The number of allylic oxidation sites excluding steroid dienone is 1. The third-order valence-corrected chi connectivity index (χ3v) is 10.4. The molecule has 0 aromatic rings. The Labute approximate surface area is 179 Å². The van der Waals surface area contributed by atoms with E-state index in [1.165, 1.54) is 44.9 Å². The molecule has 3 saturated carbocycles. The van der Waals surface area contributed by atoms with E-state index in [0.29, 0.717) is 5.41 Å². The molecule has 2 nitrogen and oxygen atoms in total. The molecule has 0 aromatic heterocycles. The first-order valence-electron chi connectivity index (χ1n) is 12.9. The maximum Gasteiger partial charge on any atom is 0.0682 e. The van der Waals surface area contributed by atoms with E-state index in [0.717, 1.165) is 67.6 Å².